The topological polar surface area (TPSA) is 82.2 Å². The van der Waals surface area contributed by atoms with Gasteiger partial charge in [-0.3, -0.25) is 4.79 Å². The lowest BCUT2D eigenvalue weighted by molar-refractivity contribution is 0.102. The molecule has 1 atom stereocenters. The summed E-state index contributed by atoms with van der Waals surface area (Å²) < 4.78 is 52.7. The average Bonchev–Trinajstić information content (AvgIpc) is 2.99. The number of carbonyl (C=O) groups is 1. The van der Waals surface area contributed by atoms with E-state index in [1.54, 1.807) is 43.4 Å². The molecule has 146 valence electrons. The van der Waals surface area contributed by atoms with Crippen LogP contribution in [0.1, 0.15) is 32.6 Å². The molecule has 3 rings (SSSR count). The van der Waals surface area contributed by atoms with Crippen LogP contribution in [0.15, 0.2) is 60.7 Å². The number of ketones is 1. The molecular weight excluding hydrogens is 386 g/mol. The van der Waals surface area contributed by atoms with Crippen LogP contribution < -0.4 is 5.14 Å². The van der Waals surface area contributed by atoms with Crippen LogP contribution in [0.2, 0.25) is 0 Å². The number of nitrogens with zero attached hydrogens (tertiary/aromatic N) is 1. The van der Waals surface area contributed by atoms with Gasteiger partial charge in [0.1, 0.15) is 16.9 Å². The molecule has 0 spiro atoms. The van der Waals surface area contributed by atoms with Gasteiger partial charge in [-0.1, -0.05) is 30.3 Å². The van der Waals surface area contributed by atoms with Crippen molar-refractivity contribution in [2.24, 2.45) is 12.2 Å². The molecule has 0 radical (unpaired) electrons. The summed E-state index contributed by atoms with van der Waals surface area (Å²) in [4.78, 5) is 12.6. The van der Waals surface area contributed by atoms with Gasteiger partial charge in [-0.2, -0.15) is 0 Å². The second-order valence-electron chi connectivity index (χ2n) is 6.41. The molecule has 3 aromatic rings. The SMILES string of the molecule is Cn1c(CC(c2ccccc2)S(N)(=O)=O)ccc1C(=O)c1ccc(F)cc1F. The smallest absolute Gasteiger partial charge is 0.216 e. The van der Waals surface area contributed by atoms with E-state index in [9.17, 15) is 22.0 Å². The summed E-state index contributed by atoms with van der Waals surface area (Å²) in [5.74, 6) is -2.36. The van der Waals surface area contributed by atoms with Crippen LogP contribution in [-0.4, -0.2) is 18.8 Å². The summed E-state index contributed by atoms with van der Waals surface area (Å²) in [7, 11) is -2.33. The average molecular weight is 404 g/mol. The summed E-state index contributed by atoms with van der Waals surface area (Å²) in [6.07, 6.45) is 0.0402. The molecule has 28 heavy (non-hydrogen) atoms. The first-order valence-corrected chi connectivity index (χ1v) is 10.0. The van der Waals surface area contributed by atoms with E-state index in [-0.39, 0.29) is 17.7 Å². The molecule has 0 aliphatic heterocycles. The van der Waals surface area contributed by atoms with E-state index >= 15 is 0 Å². The highest BCUT2D eigenvalue weighted by atomic mass is 32.2. The highest BCUT2D eigenvalue weighted by molar-refractivity contribution is 7.89. The first kappa shape index (κ1) is 19.9. The fourth-order valence-corrected chi connectivity index (χ4v) is 4.02. The van der Waals surface area contributed by atoms with Crippen molar-refractivity contribution in [1.82, 2.24) is 4.57 Å². The number of primary sulfonamides is 1. The Hall–Kier alpha value is -2.84. The normalized spacial score (nSPS) is 12.7. The Morgan fingerprint density at radius 3 is 2.36 bits per heavy atom. The number of benzene rings is 2. The maximum absolute atomic E-state index is 13.9. The molecule has 0 aliphatic rings. The second-order valence-corrected chi connectivity index (χ2v) is 8.16. The molecule has 5 nitrogen and oxygen atoms in total. The lowest BCUT2D eigenvalue weighted by atomic mass is 10.1. The van der Waals surface area contributed by atoms with E-state index in [0.717, 1.165) is 12.1 Å². The fourth-order valence-electron chi connectivity index (χ4n) is 3.08. The molecule has 0 saturated carbocycles. The highest BCUT2D eigenvalue weighted by Gasteiger charge is 2.26. The van der Waals surface area contributed by atoms with Gasteiger partial charge >= 0.3 is 0 Å². The Balaban J connectivity index is 1.95. The van der Waals surface area contributed by atoms with Crippen molar-refractivity contribution in [3.8, 4) is 0 Å². The molecule has 8 heteroatoms. The van der Waals surface area contributed by atoms with Crippen LogP contribution in [-0.2, 0) is 23.5 Å². The molecule has 1 unspecified atom stereocenters. The summed E-state index contributed by atoms with van der Waals surface area (Å²) >= 11 is 0. The van der Waals surface area contributed by atoms with E-state index < -0.39 is 32.7 Å². The van der Waals surface area contributed by atoms with Crippen LogP contribution in [0.5, 0.6) is 0 Å². The molecule has 2 N–H and O–H groups in total. The van der Waals surface area contributed by atoms with Crippen molar-refractivity contribution in [2.45, 2.75) is 11.7 Å². The first-order chi connectivity index (χ1) is 13.2. The number of aromatic nitrogens is 1. The van der Waals surface area contributed by atoms with Gasteiger partial charge in [0.2, 0.25) is 15.8 Å². The molecule has 2 aromatic carbocycles. The van der Waals surface area contributed by atoms with Gasteiger partial charge in [-0.05, 0) is 29.8 Å². The van der Waals surface area contributed by atoms with Gasteiger partial charge in [0.15, 0.2) is 0 Å². The third-order valence-corrected chi connectivity index (χ3v) is 5.83. The number of hydrogen-bond donors (Lipinski definition) is 1. The molecule has 1 heterocycles. The van der Waals surface area contributed by atoms with Crippen molar-refractivity contribution in [2.75, 3.05) is 0 Å². The summed E-state index contributed by atoms with van der Waals surface area (Å²) in [5.41, 5.74) is 0.958. The van der Waals surface area contributed by atoms with Gasteiger partial charge in [-0.25, -0.2) is 22.3 Å². The Morgan fingerprint density at radius 1 is 1.07 bits per heavy atom. The van der Waals surface area contributed by atoms with Crippen molar-refractivity contribution in [1.29, 1.82) is 0 Å². The zero-order chi connectivity index (χ0) is 20.5. The van der Waals surface area contributed by atoms with Crippen molar-refractivity contribution >= 4 is 15.8 Å². The number of carbonyl (C=O) groups excluding carboxylic acids is 1. The predicted octanol–water partition coefficient (Wildman–Crippen LogP) is 3.11. The number of sulfonamides is 1. The summed E-state index contributed by atoms with van der Waals surface area (Å²) in [5, 5.41) is 4.42. The van der Waals surface area contributed by atoms with Crippen molar-refractivity contribution in [3.63, 3.8) is 0 Å². The number of rotatable bonds is 6. The Morgan fingerprint density at radius 2 is 1.75 bits per heavy atom. The van der Waals surface area contributed by atoms with Crippen molar-refractivity contribution < 1.29 is 22.0 Å². The minimum absolute atomic E-state index is 0.0402. The third kappa shape index (κ3) is 4.02. The lowest BCUT2D eigenvalue weighted by Crippen LogP contribution is -2.24. The predicted molar refractivity (Wildman–Crippen MR) is 101 cm³/mol. The van der Waals surface area contributed by atoms with E-state index in [2.05, 4.69) is 0 Å². The van der Waals surface area contributed by atoms with E-state index in [0.29, 0.717) is 17.3 Å². The van der Waals surface area contributed by atoms with Gasteiger partial charge in [0, 0.05) is 25.2 Å². The van der Waals surface area contributed by atoms with Crippen LogP contribution in [0.4, 0.5) is 8.78 Å². The first-order valence-electron chi connectivity index (χ1n) is 8.39. The van der Waals surface area contributed by atoms with Gasteiger partial charge in [0.05, 0.1) is 11.3 Å². The van der Waals surface area contributed by atoms with Gasteiger partial charge in [-0.15, -0.1) is 0 Å². The molecule has 0 aliphatic carbocycles. The van der Waals surface area contributed by atoms with Crippen LogP contribution in [0.3, 0.4) is 0 Å². The molecule has 0 fully saturated rings. The summed E-state index contributed by atoms with van der Waals surface area (Å²) in [6.45, 7) is 0. The largest absolute Gasteiger partial charge is 0.345 e. The van der Waals surface area contributed by atoms with Crippen molar-refractivity contribution in [3.05, 3.63) is 94.8 Å². The Bertz CT molecular complexity index is 1130. The minimum Gasteiger partial charge on any atom is -0.345 e. The number of halogens is 2. The molecule has 1 aromatic heterocycles. The van der Waals surface area contributed by atoms with Gasteiger partial charge < -0.3 is 4.57 Å². The summed E-state index contributed by atoms with van der Waals surface area (Å²) in [6, 6.07) is 14.3. The lowest BCUT2D eigenvalue weighted by Gasteiger charge is -2.16. The molecule has 0 amide bonds. The maximum atomic E-state index is 13.9. The monoisotopic (exact) mass is 404 g/mol. The quantitative estimate of drug-likeness (QED) is 0.641. The maximum Gasteiger partial charge on any atom is 0.216 e. The Kier molecular flexibility index (Phi) is 5.44. The standard InChI is InChI=1S/C20H18F2N2O3S/c1-24-15(12-19(28(23,26)27)13-5-3-2-4-6-13)8-10-18(24)20(25)16-9-7-14(21)11-17(16)22/h2-11,19H,12H2,1H3,(H2,23,26,27). The van der Waals surface area contributed by atoms with Crippen LogP contribution in [0.25, 0.3) is 0 Å². The number of hydrogen-bond acceptors (Lipinski definition) is 3. The molecular formula is C20H18F2N2O3S. The minimum atomic E-state index is -3.91. The zero-order valence-electron chi connectivity index (χ0n) is 15.0. The van der Waals surface area contributed by atoms with Crippen LogP contribution in [0, 0.1) is 11.6 Å². The molecule has 0 bridgehead atoms. The molecule has 0 saturated heterocycles. The number of nitrogens with two attached hydrogens (primary N) is 1. The van der Waals surface area contributed by atoms with Gasteiger partial charge in [0.25, 0.3) is 0 Å². The van der Waals surface area contributed by atoms with E-state index in [4.69, 9.17) is 5.14 Å². The third-order valence-electron chi connectivity index (χ3n) is 4.60. The Labute approximate surface area is 161 Å². The second kappa shape index (κ2) is 7.65. The fraction of sp³-hybridized carbons (Fsp3) is 0.150. The van der Waals surface area contributed by atoms with E-state index in [1.807, 2.05) is 0 Å². The highest BCUT2D eigenvalue weighted by Crippen LogP contribution is 2.26. The van der Waals surface area contributed by atoms with E-state index in [1.165, 1.54) is 10.6 Å². The van der Waals surface area contributed by atoms with Crippen LogP contribution >= 0.6 is 0 Å². The zero-order valence-corrected chi connectivity index (χ0v) is 15.8.